The lowest BCUT2D eigenvalue weighted by molar-refractivity contribution is -0.123. The highest BCUT2D eigenvalue weighted by atomic mass is 16.5. The van der Waals surface area contributed by atoms with Crippen molar-refractivity contribution < 1.29 is 14.3 Å². The van der Waals surface area contributed by atoms with Crippen molar-refractivity contribution in [3.05, 3.63) is 23.8 Å². The van der Waals surface area contributed by atoms with Crippen LogP contribution in [-0.4, -0.2) is 24.7 Å². The Hall–Kier alpha value is -1.75. The van der Waals surface area contributed by atoms with Crippen LogP contribution in [0.4, 0.5) is 0 Å². The van der Waals surface area contributed by atoms with Crippen LogP contribution in [0, 0.1) is 0 Å². The molecule has 2 rings (SSSR count). The second-order valence-corrected chi connectivity index (χ2v) is 5.14. The quantitative estimate of drug-likeness (QED) is 0.857. The predicted octanol–water partition coefficient (Wildman–Crippen LogP) is 1.20. The minimum Gasteiger partial charge on any atom is -0.490 e. The molecule has 3 N–H and O–H groups in total. The molecule has 1 aromatic rings. The van der Waals surface area contributed by atoms with Crippen LogP contribution in [0.25, 0.3) is 0 Å². The molecular formula is C14H20N2O3. The van der Waals surface area contributed by atoms with E-state index in [1.807, 2.05) is 18.2 Å². The lowest BCUT2D eigenvalue weighted by Crippen LogP contribution is -2.50. The molecule has 1 aromatic carbocycles. The molecule has 0 saturated carbocycles. The van der Waals surface area contributed by atoms with Crippen LogP contribution in [0.5, 0.6) is 11.5 Å². The van der Waals surface area contributed by atoms with Gasteiger partial charge in [0.15, 0.2) is 11.5 Å². The zero-order valence-electron chi connectivity index (χ0n) is 11.4. The van der Waals surface area contributed by atoms with Gasteiger partial charge in [0.1, 0.15) is 0 Å². The van der Waals surface area contributed by atoms with Gasteiger partial charge in [-0.15, -0.1) is 0 Å². The van der Waals surface area contributed by atoms with Crippen molar-refractivity contribution in [3.63, 3.8) is 0 Å². The maximum absolute atomic E-state index is 11.3. The fraction of sp³-hybridized carbons (Fsp3) is 0.500. The summed E-state index contributed by atoms with van der Waals surface area (Å²) in [6, 6.07) is 5.77. The van der Waals surface area contributed by atoms with E-state index in [4.69, 9.17) is 15.2 Å². The Kier molecular flexibility index (Phi) is 3.95. The van der Waals surface area contributed by atoms with Crippen molar-refractivity contribution in [2.45, 2.75) is 32.4 Å². The molecule has 19 heavy (non-hydrogen) atoms. The number of benzene rings is 1. The van der Waals surface area contributed by atoms with Crippen molar-refractivity contribution in [2.75, 3.05) is 13.2 Å². The number of ether oxygens (including phenoxy) is 2. The Morgan fingerprint density at radius 3 is 2.84 bits per heavy atom. The number of carbonyl (C=O) groups is 1. The highest BCUT2D eigenvalue weighted by Gasteiger charge is 2.24. The molecule has 0 aromatic heterocycles. The summed E-state index contributed by atoms with van der Waals surface area (Å²) in [7, 11) is 0. The maximum Gasteiger partial charge on any atom is 0.237 e. The summed E-state index contributed by atoms with van der Waals surface area (Å²) in [5.41, 5.74) is 5.55. The van der Waals surface area contributed by atoms with Crippen LogP contribution in [0.3, 0.4) is 0 Å². The zero-order chi connectivity index (χ0) is 13.9. The third kappa shape index (κ3) is 3.17. The van der Waals surface area contributed by atoms with E-state index < -0.39 is 5.54 Å². The first kappa shape index (κ1) is 13.7. The van der Waals surface area contributed by atoms with E-state index in [9.17, 15) is 4.79 Å². The van der Waals surface area contributed by atoms with Crippen LogP contribution >= 0.6 is 0 Å². The molecule has 0 unspecified atom stereocenters. The van der Waals surface area contributed by atoms with E-state index in [1.165, 1.54) is 0 Å². The summed E-state index contributed by atoms with van der Waals surface area (Å²) in [6.45, 7) is 5.32. The number of carbonyl (C=O) groups excluding carboxylic acids is 1. The van der Waals surface area contributed by atoms with Crippen molar-refractivity contribution in [3.8, 4) is 11.5 Å². The molecule has 1 aliphatic rings. The van der Waals surface area contributed by atoms with Crippen molar-refractivity contribution in [2.24, 2.45) is 5.73 Å². The minimum absolute atomic E-state index is 0.383. The minimum atomic E-state index is -0.756. The highest BCUT2D eigenvalue weighted by molar-refractivity contribution is 5.83. The van der Waals surface area contributed by atoms with Crippen molar-refractivity contribution in [1.29, 1.82) is 0 Å². The molecule has 1 amide bonds. The van der Waals surface area contributed by atoms with Gasteiger partial charge in [0.25, 0.3) is 0 Å². The first-order valence-electron chi connectivity index (χ1n) is 6.43. The smallest absolute Gasteiger partial charge is 0.237 e. The van der Waals surface area contributed by atoms with Crippen molar-refractivity contribution >= 4 is 5.91 Å². The lowest BCUT2D eigenvalue weighted by Gasteiger charge is -2.23. The molecule has 0 aliphatic carbocycles. The Bertz CT molecular complexity index is 472. The number of nitrogens with two attached hydrogens (primary N) is 1. The van der Waals surface area contributed by atoms with E-state index >= 15 is 0 Å². The third-order valence-electron chi connectivity index (χ3n) is 3.19. The number of hydrogen-bond acceptors (Lipinski definition) is 4. The standard InChI is InChI=1S/C14H20N2O3/c1-14(2,13(15)17)16-9-10-5-3-6-11-12(10)19-8-4-7-18-11/h3,5-6,16H,4,7-9H2,1-2H3,(H2,15,17). The normalized spacial score (nSPS) is 14.8. The molecule has 0 radical (unpaired) electrons. The second-order valence-electron chi connectivity index (χ2n) is 5.14. The van der Waals surface area contributed by atoms with E-state index in [2.05, 4.69) is 5.32 Å². The van der Waals surface area contributed by atoms with Gasteiger partial charge in [-0.2, -0.15) is 0 Å². The van der Waals surface area contributed by atoms with Crippen LogP contribution in [0.2, 0.25) is 0 Å². The predicted molar refractivity (Wildman–Crippen MR) is 72.2 cm³/mol. The number of rotatable bonds is 4. The fourth-order valence-electron chi connectivity index (χ4n) is 1.80. The topological polar surface area (TPSA) is 73.6 Å². The van der Waals surface area contributed by atoms with Crippen LogP contribution in [0.1, 0.15) is 25.8 Å². The van der Waals surface area contributed by atoms with E-state index in [1.54, 1.807) is 13.8 Å². The summed E-state index contributed by atoms with van der Waals surface area (Å²) < 4.78 is 11.3. The number of primary amides is 1. The van der Waals surface area contributed by atoms with Gasteiger partial charge in [-0.3, -0.25) is 10.1 Å². The van der Waals surface area contributed by atoms with Crippen molar-refractivity contribution in [1.82, 2.24) is 5.32 Å². The molecule has 0 fully saturated rings. The molecule has 1 heterocycles. The van der Waals surface area contributed by atoms with E-state index in [0.29, 0.717) is 19.8 Å². The highest BCUT2D eigenvalue weighted by Crippen LogP contribution is 2.33. The Morgan fingerprint density at radius 2 is 2.11 bits per heavy atom. The van der Waals surface area contributed by atoms with Crippen LogP contribution in [0.15, 0.2) is 18.2 Å². The Balaban J connectivity index is 2.15. The molecule has 1 aliphatic heterocycles. The summed E-state index contributed by atoms with van der Waals surface area (Å²) in [4.78, 5) is 11.3. The molecule has 0 saturated heterocycles. The van der Waals surface area contributed by atoms with Gasteiger partial charge >= 0.3 is 0 Å². The summed E-state index contributed by atoms with van der Waals surface area (Å²) in [5.74, 6) is 1.13. The third-order valence-corrected chi connectivity index (χ3v) is 3.19. The Morgan fingerprint density at radius 1 is 1.37 bits per heavy atom. The number of amides is 1. The summed E-state index contributed by atoms with van der Waals surface area (Å²) in [5, 5.41) is 3.14. The van der Waals surface area contributed by atoms with E-state index in [0.717, 1.165) is 23.5 Å². The largest absolute Gasteiger partial charge is 0.490 e. The maximum atomic E-state index is 11.3. The van der Waals surface area contributed by atoms with Gasteiger partial charge in [-0.1, -0.05) is 12.1 Å². The molecule has 104 valence electrons. The average molecular weight is 264 g/mol. The molecular weight excluding hydrogens is 244 g/mol. The van der Waals surface area contributed by atoms with E-state index in [-0.39, 0.29) is 5.91 Å². The first-order chi connectivity index (χ1) is 9.00. The first-order valence-corrected chi connectivity index (χ1v) is 6.43. The zero-order valence-corrected chi connectivity index (χ0v) is 11.4. The second kappa shape index (κ2) is 5.48. The molecule has 5 heteroatoms. The molecule has 0 spiro atoms. The monoisotopic (exact) mass is 264 g/mol. The van der Waals surface area contributed by atoms with Gasteiger partial charge in [0.05, 0.1) is 18.8 Å². The Labute approximate surface area is 113 Å². The number of nitrogens with one attached hydrogen (secondary N) is 1. The summed E-state index contributed by atoms with van der Waals surface area (Å²) >= 11 is 0. The van der Waals surface area contributed by atoms with Gasteiger partial charge in [-0.25, -0.2) is 0 Å². The van der Waals surface area contributed by atoms with Gasteiger partial charge in [-0.05, 0) is 19.9 Å². The van der Waals surface area contributed by atoms with Gasteiger partial charge in [0, 0.05) is 18.5 Å². The van der Waals surface area contributed by atoms with Crippen LogP contribution in [-0.2, 0) is 11.3 Å². The fourth-order valence-corrected chi connectivity index (χ4v) is 1.80. The number of para-hydroxylation sites is 1. The van der Waals surface area contributed by atoms with Crippen LogP contribution < -0.4 is 20.5 Å². The summed E-state index contributed by atoms with van der Waals surface area (Å²) in [6.07, 6.45) is 0.869. The molecule has 0 bridgehead atoms. The lowest BCUT2D eigenvalue weighted by atomic mass is 10.0. The van der Waals surface area contributed by atoms with Gasteiger partial charge in [0.2, 0.25) is 5.91 Å². The number of hydrogen-bond donors (Lipinski definition) is 2. The average Bonchev–Trinajstić information content (AvgIpc) is 2.61. The number of fused-ring (bicyclic) bond motifs is 1. The SMILES string of the molecule is CC(C)(NCc1cccc2c1OCCCO2)C(N)=O. The molecule has 5 nitrogen and oxygen atoms in total. The van der Waals surface area contributed by atoms with Gasteiger partial charge < -0.3 is 15.2 Å². The molecule has 0 atom stereocenters.